The minimum absolute atomic E-state index is 0.276. The zero-order valence-corrected chi connectivity index (χ0v) is 15.1. The first-order valence-corrected chi connectivity index (χ1v) is 8.56. The normalized spacial score (nSPS) is 11.4. The molecule has 0 atom stereocenters. The van der Waals surface area contributed by atoms with Gasteiger partial charge in [-0.2, -0.15) is 13.2 Å². The quantitative estimate of drug-likeness (QED) is 0.456. The Balaban J connectivity index is 1.63. The van der Waals surface area contributed by atoms with Crippen LogP contribution in [0.25, 0.3) is 34.2 Å². The van der Waals surface area contributed by atoms with Crippen molar-refractivity contribution in [3.63, 3.8) is 0 Å². The number of ether oxygens (including phenoxy) is 1. The van der Waals surface area contributed by atoms with Crippen molar-refractivity contribution in [3.8, 4) is 39.9 Å². The van der Waals surface area contributed by atoms with E-state index >= 15 is 0 Å². The first-order valence-electron chi connectivity index (χ1n) is 8.56. The van der Waals surface area contributed by atoms with Crippen LogP contribution in [-0.4, -0.2) is 22.3 Å². The molecule has 0 saturated carbocycles. The third-order valence-corrected chi connectivity index (χ3v) is 4.26. The van der Waals surface area contributed by atoms with E-state index in [4.69, 9.17) is 9.15 Å². The summed E-state index contributed by atoms with van der Waals surface area (Å²) in [6.45, 7) is 0. The number of alkyl halides is 3. The van der Waals surface area contributed by atoms with E-state index < -0.39 is 11.7 Å². The van der Waals surface area contributed by atoms with Crippen LogP contribution in [0.4, 0.5) is 13.2 Å². The van der Waals surface area contributed by atoms with E-state index in [1.807, 2.05) is 12.1 Å². The largest absolute Gasteiger partial charge is 0.497 e. The molecular weight excluding hydrogens is 383 g/mol. The lowest BCUT2D eigenvalue weighted by molar-refractivity contribution is -0.137. The van der Waals surface area contributed by atoms with E-state index in [1.165, 1.54) is 18.3 Å². The second kappa shape index (κ2) is 7.38. The van der Waals surface area contributed by atoms with E-state index in [1.54, 1.807) is 31.4 Å². The van der Waals surface area contributed by atoms with Crippen LogP contribution in [0.5, 0.6) is 5.75 Å². The lowest BCUT2D eigenvalue weighted by atomic mass is 10.1. The highest BCUT2D eigenvalue weighted by Gasteiger charge is 2.30. The van der Waals surface area contributed by atoms with Crippen LogP contribution in [0, 0.1) is 0 Å². The van der Waals surface area contributed by atoms with Gasteiger partial charge in [0.25, 0.3) is 0 Å². The maximum Gasteiger partial charge on any atom is 0.416 e. The van der Waals surface area contributed by atoms with Crippen LogP contribution in [0.15, 0.2) is 71.3 Å². The van der Waals surface area contributed by atoms with Gasteiger partial charge in [0.05, 0.1) is 18.4 Å². The minimum Gasteiger partial charge on any atom is -0.497 e. The average molecular weight is 397 g/mol. The molecule has 0 fully saturated rings. The number of methoxy groups -OCH3 is 1. The lowest BCUT2D eigenvalue weighted by Crippen LogP contribution is -2.04. The van der Waals surface area contributed by atoms with Gasteiger partial charge in [-0.05, 0) is 42.5 Å². The number of pyridine rings is 1. The highest BCUT2D eigenvalue weighted by atomic mass is 19.4. The second-order valence-electron chi connectivity index (χ2n) is 6.15. The molecule has 0 unspecified atom stereocenters. The van der Waals surface area contributed by atoms with Gasteiger partial charge in [0.15, 0.2) is 0 Å². The van der Waals surface area contributed by atoms with Gasteiger partial charge in [0.2, 0.25) is 11.8 Å². The van der Waals surface area contributed by atoms with Gasteiger partial charge < -0.3 is 9.15 Å². The van der Waals surface area contributed by atoms with E-state index in [-0.39, 0.29) is 5.89 Å². The maximum absolute atomic E-state index is 12.7. The third kappa shape index (κ3) is 3.96. The molecule has 5 nitrogen and oxygen atoms in total. The van der Waals surface area contributed by atoms with Gasteiger partial charge >= 0.3 is 6.18 Å². The van der Waals surface area contributed by atoms with Gasteiger partial charge in [-0.25, -0.2) is 0 Å². The van der Waals surface area contributed by atoms with Crippen molar-refractivity contribution in [3.05, 3.63) is 72.4 Å². The number of nitrogens with zero attached hydrogens (tertiary/aromatic N) is 3. The summed E-state index contributed by atoms with van der Waals surface area (Å²) in [7, 11) is 1.57. The number of benzene rings is 2. The van der Waals surface area contributed by atoms with E-state index in [2.05, 4.69) is 15.2 Å². The van der Waals surface area contributed by atoms with Gasteiger partial charge in [-0.1, -0.05) is 18.2 Å². The fraction of sp³-hybridized carbons (Fsp3) is 0.0952. The number of hydrogen-bond donors (Lipinski definition) is 0. The summed E-state index contributed by atoms with van der Waals surface area (Å²) in [6, 6.07) is 15.4. The molecule has 146 valence electrons. The third-order valence-electron chi connectivity index (χ3n) is 4.26. The Kier molecular flexibility index (Phi) is 4.75. The van der Waals surface area contributed by atoms with Crippen molar-refractivity contribution in [2.75, 3.05) is 7.11 Å². The molecule has 0 saturated heterocycles. The molecule has 0 aliphatic rings. The highest BCUT2D eigenvalue weighted by molar-refractivity contribution is 5.67. The minimum atomic E-state index is -4.38. The number of aromatic nitrogens is 3. The van der Waals surface area contributed by atoms with Crippen LogP contribution in [0.3, 0.4) is 0 Å². The molecule has 4 rings (SSSR count). The van der Waals surface area contributed by atoms with Gasteiger partial charge in [0.1, 0.15) is 5.75 Å². The van der Waals surface area contributed by atoms with E-state index in [0.29, 0.717) is 34.0 Å². The Morgan fingerprint density at radius 3 is 2.17 bits per heavy atom. The van der Waals surface area contributed by atoms with Crippen molar-refractivity contribution >= 4 is 0 Å². The van der Waals surface area contributed by atoms with Crippen LogP contribution in [-0.2, 0) is 6.18 Å². The molecule has 2 aromatic heterocycles. The second-order valence-corrected chi connectivity index (χ2v) is 6.15. The summed E-state index contributed by atoms with van der Waals surface area (Å²) in [5.74, 6) is 1.26. The summed E-state index contributed by atoms with van der Waals surface area (Å²) in [5, 5.41) is 8.13. The molecule has 2 aromatic carbocycles. The number of rotatable bonds is 4. The number of halogens is 3. The topological polar surface area (TPSA) is 61.0 Å². The summed E-state index contributed by atoms with van der Waals surface area (Å²) in [6.07, 6.45) is -2.84. The molecule has 8 heteroatoms. The highest BCUT2D eigenvalue weighted by Crippen LogP contribution is 2.32. The zero-order chi connectivity index (χ0) is 20.4. The Hall–Kier alpha value is -3.68. The van der Waals surface area contributed by atoms with Crippen molar-refractivity contribution in [2.45, 2.75) is 6.18 Å². The monoisotopic (exact) mass is 397 g/mol. The first-order chi connectivity index (χ1) is 13.9. The standard InChI is InChI=1S/C21H14F3N3O2/c1-28-17-4-2-3-14(11-17)19-26-27-20(29-19)15-9-10-25-18(12-15)13-5-7-16(8-6-13)21(22,23)24/h2-12H,1H3. The molecule has 4 aromatic rings. The molecular formula is C21H14F3N3O2. The average Bonchev–Trinajstić information content (AvgIpc) is 3.24. The van der Waals surface area contributed by atoms with Gasteiger partial charge in [0, 0.05) is 22.9 Å². The summed E-state index contributed by atoms with van der Waals surface area (Å²) < 4.78 is 49.2. The van der Waals surface area contributed by atoms with Crippen LogP contribution >= 0.6 is 0 Å². The first kappa shape index (κ1) is 18.7. The van der Waals surface area contributed by atoms with Crippen molar-refractivity contribution in [2.24, 2.45) is 0 Å². The summed E-state index contributed by atoms with van der Waals surface area (Å²) in [4.78, 5) is 4.23. The summed E-state index contributed by atoms with van der Waals surface area (Å²) in [5.41, 5.74) is 1.65. The molecule has 29 heavy (non-hydrogen) atoms. The Labute approximate surface area is 163 Å². The molecule has 0 bridgehead atoms. The molecule has 0 radical (unpaired) electrons. The SMILES string of the molecule is COc1cccc(-c2nnc(-c3ccnc(-c4ccc(C(F)(F)F)cc4)c3)o2)c1. The van der Waals surface area contributed by atoms with E-state index in [9.17, 15) is 13.2 Å². The van der Waals surface area contributed by atoms with Crippen LogP contribution < -0.4 is 4.74 Å². The van der Waals surface area contributed by atoms with Crippen molar-refractivity contribution in [1.29, 1.82) is 0 Å². The van der Waals surface area contributed by atoms with Crippen LogP contribution in [0.2, 0.25) is 0 Å². The molecule has 2 heterocycles. The van der Waals surface area contributed by atoms with Crippen LogP contribution in [0.1, 0.15) is 5.56 Å². The van der Waals surface area contributed by atoms with Gasteiger partial charge in [-0.15, -0.1) is 10.2 Å². The summed E-state index contributed by atoms with van der Waals surface area (Å²) >= 11 is 0. The smallest absolute Gasteiger partial charge is 0.416 e. The maximum atomic E-state index is 12.7. The fourth-order valence-corrected chi connectivity index (χ4v) is 2.76. The molecule has 0 spiro atoms. The predicted molar refractivity (Wildman–Crippen MR) is 100.0 cm³/mol. The lowest BCUT2D eigenvalue weighted by Gasteiger charge is -2.07. The Morgan fingerprint density at radius 2 is 1.52 bits per heavy atom. The molecule has 0 aliphatic carbocycles. The fourth-order valence-electron chi connectivity index (χ4n) is 2.76. The molecule has 0 N–H and O–H groups in total. The Morgan fingerprint density at radius 1 is 0.828 bits per heavy atom. The molecule has 0 amide bonds. The Bertz CT molecular complexity index is 1140. The van der Waals surface area contributed by atoms with Crippen molar-refractivity contribution in [1.82, 2.24) is 15.2 Å². The predicted octanol–water partition coefficient (Wildman–Crippen LogP) is 5.49. The van der Waals surface area contributed by atoms with E-state index in [0.717, 1.165) is 12.1 Å². The van der Waals surface area contributed by atoms with Gasteiger partial charge in [-0.3, -0.25) is 4.98 Å². The number of hydrogen-bond acceptors (Lipinski definition) is 5. The zero-order valence-electron chi connectivity index (χ0n) is 15.1. The molecule has 0 aliphatic heterocycles. The van der Waals surface area contributed by atoms with Crippen molar-refractivity contribution < 1.29 is 22.3 Å².